The maximum absolute atomic E-state index is 5.50. The lowest BCUT2D eigenvalue weighted by Crippen LogP contribution is -2.24. The van der Waals surface area contributed by atoms with Crippen LogP contribution in [0.15, 0.2) is 41.1 Å². The summed E-state index contributed by atoms with van der Waals surface area (Å²) in [6, 6.07) is 7.98. The second-order valence-electron chi connectivity index (χ2n) is 4.11. The predicted octanol–water partition coefficient (Wildman–Crippen LogP) is 3.07. The van der Waals surface area contributed by atoms with Gasteiger partial charge in [-0.05, 0) is 43.7 Å². The fourth-order valence-corrected chi connectivity index (χ4v) is 1.88. The number of nitrogens with one attached hydrogen (secondary N) is 1. The zero-order chi connectivity index (χ0) is 12.1. The van der Waals surface area contributed by atoms with E-state index in [1.165, 1.54) is 5.56 Å². The maximum atomic E-state index is 5.50. The third-order valence-electron chi connectivity index (χ3n) is 2.75. The van der Waals surface area contributed by atoms with E-state index in [-0.39, 0.29) is 6.04 Å². The molecule has 2 aromatic rings. The number of hydrogen-bond acceptors (Lipinski definition) is 3. The Balaban J connectivity index is 2.30. The Morgan fingerprint density at radius 3 is 2.88 bits per heavy atom. The smallest absolute Gasteiger partial charge is 0.126 e. The lowest BCUT2D eigenvalue weighted by atomic mass is 10.1. The van der Waals surface area contributed by atoms with Crippen molar-refractivity contribution >= 4 is 0 Å². The standard InChI is InChI=1S/C14H18N2O/c1-3-8-15-14(12-7-5-10-17-12)13-11(2)6-4-9-16-13/h4-7,9-10,14-15H,3,8H2,1-2H3. The molecule has 1 atom stereocenters. The molecule has 0 aliphatic heterocycles. The third kappa shape index (κ3) is 2.74. The molecule has 2 aromatic heterocycles. The zero-order valence-corrected chi connectivity index (χ0v) is 10.3. The molecule has 0 aliphatic rings. The van der Waals surface area contributed by atoms with Crippen molar-refractivity contribution in [3.05, 3.63) is 53.7 Å². The summed E-state index contributed by atoms with van der Waals surface area (Å²) in [5.41, 5.74) is 2.22. The Hall–Kier alpha value is -1.61. The molecule has 3 heteroatoms. The first kappa shape index (κ1) is 11.9. The molecule has 17 heavy (non-hydrogen) atoms. The molecule has 0 spiro atoms. The van der Waals surface area contributed by atoms with Gasteiger partial charge >= 0.3 is 0 Å². The molecular formula is C14H18N2O. The molecule has 0 radical (unpaired) electrons. The summed E-state index contributed by atoms with van der Waals surface area (Å²) in [5.74, 6) is 0.917. The average molecular weight is 230 g/mol. The van der Waals surface area contributed by atoms with Crippen molar-refractivity contribution in [3.8, 4) is 0 Å². The molecule has 2 heterocycles. The summed E-state index contributed by atoms with van der Waals surface area (Å²) in [6.45, 7) is 5.17. The number of hydrogen-bond donors (Lipinski definition) is 1. The van der Waals surface area contributed by atoms with Gasteiger partial charge in [0.1, 0.15) is 11.8 Å². The highest BCUT2D eigenvalue weighted by molar-refractivity contribution is 5.27. The third-order valence-corrected chi connectivity index (χ3v) is 2.75. The van der Waals surface area contributed by atoms with Gasteiger partial charge in [0.25, 0.3) is 0 Å². The normalized spacial score (nSPS) is 12.6. The monoisotopic (exact) mass is 230 g/mol. The van der Waals surface area contributed by atoms with E-state index in [0.717, 1.165) is 24.4 Å². The van der Waals surface area contributed by atoms with Crippen molar-refractivity contribution in [1.29, 1.82) is 0 Å². The maximum Gasteiger partial charge on any atom is 0.126 e. The van der Waals surface area contributed by atoms with Crippen LogP contribution in [-0.4, -0.2) is 11.5 Å². The molecule has 0 aromatic carbocycles. The second-order valence-corrected chi connectivity index (χ2v) is 4.11. The van der Waals surface area contributed by atoms with Crippen LogP contribution in [0.4, 0.5) is 0 Å². The van der Waals surface area contributed by atoms with Crippen LogP contribution < -0.4 is 5.32 Å². The Kier molecular flexibility index (Phi) is 3.94. The van der Waals surface area contributed by atoms with Crippen LogP contribution >= 0.6 is 0 Å². The molecular weight excluding hydrogens is 212 g/mol. The van der Waals surface area contributed by atoms with E-state index in [9.17, 15) is 0 Å². The highest BCUT2D eigenvalue weighted by Gasteiger charge is 2.18. The number of rotatable bonds is 5. The summed E-state index contributed by atoms with van der Waals surface area (Å²) >= 11 is 0. The van der Waals surface area contributed by atoms with E-state index in [0.29, 0.717) is 0 Å². The van der Waals surface area contributed by atoms with Gasteiger partial charge in [-0.1, -0.05) is 13.0 Å². The number of aryl methyl sites for hydroxylation is 1. The molecule has 0 amide bonds. The van der Waals surface area contributed by atoms with Crippen LogP contribution in [0.3, 0.4) is 0 Å². The number of pyridine rings is 1. The molecule has 2 rings (SSSR count). The summed E-state index contributed by atoms with van der Waals surface area (Å²) in [4.78, 5) is 4.46. The van der Waals surface area contributed by atoms with Crippen molar-refractivity contribution in [2.24, 2.45) is 0 Å². The van der Waals surface area contributed by atoms with Crippen LogP contribution in [0.25, 0.3) is 0 Å². The van der Waals surface area contributed by atoms with Gasteiger partial charge in [-0.2, -0.15) is 0 Å². The largest absolute Gasteiger partial charge is 0.467 e. The zero-order valence-electron chi connectivity index (χ0n) is 10.3. The molecule has 0 fully saturated rings. The van der Waals surface area contributed by atoms with Crippen molar-refractivity contribution in [3.63, 3.8) is 0 Å². The fraction of sp³-hybridized carbons (Fsp3) is 0.357. The van der Waals surface area contributed by atoms with Crippen molar-refractivity contribution in [2.75, 3.05) is 6.54 Å². The van der Waals surface area contributed by atoms with Gasteiger partial charge < -0.3 is 9.73 Å². The van der Waals surface area contributed by atoms with Crippen LogP contribution in [-0.2, 0) is 0 Å². The summed E-state index contributed by atoms with van der Waals surface area (Å²) in [6.07, 6.45) is 4.61. The van der Waals surface area contributed by atoms with E-state index >= 15 is 0 Å². The van der Waals surface area contributed by atoms with E-state index < -0.39 is 0 Å². The fourth-order valence-electron chi connectivity index (χ4n) is 1.88. The minimum absolute atomic E-state index is 0.0474. The lowest BCUT2D eigenvalue weighted by molar-refractivity contribution is 0.441. The Morgan fingerprint density at radius 1 is 1.35 bits per heavy atom. The van der Waals surface area contributed by atoms with E-state index in [4.69, 9.17) is 4.42 Å². The number of nitrogens with zero attached hydrogens (tertiary/aromatic N) is 1. The Morgan fingerprint density at radius 2 is 2.24 bits per heavy atom. The van der Waals surface area contributed by atoms with Crippen molar-refractivity contribution < 1.29 is 4.42 Å². The van der Waals surface area contributed by atoms with Gasteiger partial charge in [-0.15, -0.1) is 0 Å². The molecule has 0 saturated heterocycles. The van der Waals surface area contributed by atoms with Gasteiger partial charge in [-0.25, -0.2) is 0 Å². The molecule has 1 N–H and O–H groups in total. The van der Waals surface area contributed by atoms with Crippen molar-refractivity contribution in [1.82, 2.24) is 10.3 Å². The topological polar surface area (TPSA) is 38.1 Å². The molecule has 90 valence electrons. The molecule has 1 unspecified atom stereocenters. The summed E-state index contributed by atoms with van der Waals surface area (Å²) < 4.78 is 5.50. The van der Waals surface area contributed by atoms with Gasteiger partial charge in [0.2, 0.25) is 0 Å². The Bertz CT molecular complexity index is 451. The summed E-state index contributed by atoms with van der Waals surface area (Å²) in [7, 11) is 0. The Labute approximate surface area is 102 Å². The average Bonchev–Trinajstić information content (AvgIpc) is 2.85. The first-order chi connectivity index (χ1) is 8.33. The highest BCUT2D eigenvalue weighted by atomic mass is 16.3. The van der Waals surface area contributed by atoms with Crippen LogP contribution in [0.1, 0.15) is 36.4 Å². The minimum atomic E-state index is 0.0474. The highest BCUT2D eigenvalue weighted by Crippen LogP contribution is 2.23. The second kappa shape index (κ2) is 5.64. The molecule has 0 saturated carbocycles. The van der Waals surface area contributed by atoms with Crippen LogP contribution in [0.5, 0.6) is 0 Å². The van der Waals surface area contributed by atoms with Crippen LogP contribution in [0.2, 0.25) is 0 Å². The van der Waals surface area contributed by atoms with E-state index in [2.05, 4.69) is 30.2 Å². The molecule has 3 nitrogen and oxygen atoms in total. The van der Waals surface area contributed by atoms with Gasteiger partial charge in [0.15, 0.2) is 0 Å². The van der Waals surface area contributed by atoms with Crippen molar-refractivity contribution in [2.45, 2.75) is 26.3 Å². The van der Waals surface area contributed by atoms with E-state index in [1.54, 1.807) is 6.26 Å². The quantitative estimate of drug-likeness (QED) is 0.857. The van der Waals surface area contributed by atoms with E-state index in [1.807, 2.05) is 24.4 Å². The molecule has 0 aliphatic carbocycles. The lowest BCUT2D eigenvalue weighted by Gasteiger charge is -2.17. The minimum Gasteiger partial charge on any atom is -0.467 e. The molecule has 0 bridgehead atoms. The van der Waals surface area contributed by atoms with Gasteiger partial charge in [0.05, 0.1) is 12.0 Å². The first-order valence-electron chi connectivity index (χ1n) is 6.01. The first-order valence-corrected chi connectivity index (χ1v) is 6.01. The number of furan rings is 1. The van der Waals surface area contributed by atoms with Gasteiger partial charge in [-0.3, -0.25) is 4.98 Å². The predicted molar refractivity (Wildman–Crippen MR) is 67.8 cm³/mol. The summed E-state index contributed by atoms with van der Waals surface area (Å²) in [5, 5.41) is 3.47. The van der Waals surface area contributed by atoms with Crippen LogP contribution in [0, 0.1) is 6.92 Å². The SMILES string of the molecule is CCCNC(c1ccco1)c1ncccc1C. The van der Waals surface area contributed by atoms with Gasteiger partial charge in [0, 0.05) is 6.20 Å². The number of aromatic nitrogens is 1.